The molecule has 0 spiro atoms. The van der Waals surface area contributed by atoms with Crippen molar-refractivity contribution in [1.29, 1.82) is 0 Å². The van der Waals surface area contributed by atoms with Crippen molar-refractivity contribution in [3.63, 3.8) is 0 Å². The molecule has 1 atom stereocenters. The molecule has 1 aliphatic rings. The van der Waals surface area contributed by atoms with Gasteiger partial charge in [0.1, 0.15) is 6.29 Å². The minimum Gasteiger partial charge on any atom is -0.379 e. The Hall–Kier alpha value is -3.43. The number of amides is 2. The molecule has 2 N–H and O–H groups in total. The Morgan fingerprint density at radius 3 is 2.17 bits per heavy atom. The van der Waals surface area contributed by atoms with E-state index in [4.69, 9.17) is 33.7 Å². The van der Waals surface area contributed by atoms with Crippen LogP contribution in [0.15, 0.2) is 66.7 Å². The Bertz CT molecular complexity index is 1330. The second kappa shape index (κ2) is 13.8. The zero-order valence-electron chi connectivity index (χ0n) is 22.3. The highest BCUT2D eigenvalue weighted by molar-refractivity contribution is 6.42. The third kappa shape index (κ3) is 7.40. The molecule has 3 aromatic rings. The average Bonchev–Trinajstić information content (AvgIpc) is 2.97. The topological polar surface area (TPSA) is 96.2 Å². The summed E-state index contributed by atoms with van der Waals surface area (Å²) in [6.45, 7) is 3.53. The highest BCUT2D eigenvalue weighted by atomic mass is 35.5. The van der Waals surface area contributed by atoms with Gasteiger partial charge >= 0.3 is 0 Å². The summed E-state index contributed by atoms with van der Waals surface area (Å²) in [6, 6.07) is 20.0. The number of halogens is 2. The molecule has 1 unspecified atom stereocenters. The van der Waals surface area contributed by atoms with Crippen LogP contribution in [0.25, 0.3) is 11.1 Å². The molecule has 0 bridgehead atoms. The van der Waals surface area contributed by atoms with Crippen molar-refractivity contribution < 1.29 is 19.1 Å². The zero-order valence-corrected chi connectivity index (χ0v) is 23.8. The second-order valence-corrected chi connectivity index (χ2v) is 10.5. The summed E-state index contributed by atoms with van der Waals surface area (Å²) in [7, 11) is 1.79. The SMILES string of the molecule is CN(C(=O)CN(CC=O)c1ccc(Cl)c(Cl)c1)C(CN1CCOCC1)c1ccc(-c2ccc(C(N)=O)cc2)cc1. The maximum absolute atomic E-state index is 13.6. The summed E-state index contributed by atoms with van der Waals surface area (Å²) in [5.74, 6) is -0.608. The van der Waals surface area contributed by atoms with Crippen molar-refractivity contribution in [2.24, 2.45) is 5.73 Å². The molecule has 0 radical (unpaired) electrons. The van der Waals surface area contributed by atoms with Crippen LogP contribution in [0.2, 0.25) is 10.0 Å². The van der Waals surface area contributed by atoms with Gasteiger partial charge in [0.05, 0.1) is 42.4 Å². The van der Waals surface area contributed by atoms with E-state index >= 15 is 0 Å². The van der Waals surface area contributed by atoms with Gasteiger partial charge in [0.15, 0.2) is 0 Å². The minimum absolute atomic E-state index is 0.00287. The zero-order chi connectivity index (χ0) is 28.6. The maximum atomic E-state index is 13.6. The van der Waals surface area contributed by atoms with Gasteiger partial charge in [0, 0.05) is 37.9 Å². The van der Waals surface area contributed by atoms with Gasteiger partial charge in [-0.2, -0.15) is 0 Å². The Morgan fingerprint density at radius 1 is 0.975 bits per heavy atom. The first-order valence-electron chi connectivity index (χ1n) is 13.0. The van der Waals surface area contributed by atoms with E-state index in [1.165, 1.54) is 0 Å². The third-order valence-corrected chi connectivity index (χ3v) is 7.82. The Morgan fingerprint density at radius 2 is 1.60 bits per heavy atom. The Kier molecular flexibility index (Phi) is 10.2. The summed E-state index contributed by atoms with van der Waals surface area (Å²) in [6.07, 6.45) is 0.760. The summed E-state index contributed by atoms with van der Waals surface area (Å²) in [4.78, 5) is 42.2. The number of ether oxygens (including phenoxy) is 1. The Labute approximate surface area is 244 Å². The van der Waals surface area contributed by atoms with Crippen LogP contribution in [0, 0.1) is 0 Å². The summed E-state index contributed by atoms with van der Waals surface area (Å²) in [5.41, 5.74) is 9.38. The average molecular weight is 584 g/mol. The van der Waals surface area contributed by atoms with E-state index < -0.39 is 5.91 Å². The molecule has 1 saturated heterocycles. The number of primary amides is 1. The van der Waals surface area contributed by atoms with Gasteiger partial charge in [-0.25, -0.2) is 0 Å². The largest absolute Gasteiger partial charge is 0.379 e. The predicted octanol–water partition coefficient (Wildman–Crippen LogP) is 4.30. The lowest BCUT2D eigenvalue weighted by molar-refractivity contribution is -0.131. The number of aldehydes is 1. The van der Waals surface area contributed by atoms with Crippen LogP contribution in [0.5, 0.6) is 0 Å². The summed E-state index contributed by atoms with van der Waals surface area (Å²) in [5, 5.41) is 0.753. The molecule has 10 heteroatoms. The third-order valence-electron chi connectivity index (χ3n) is 7.08. The van der Waals surface area contributed by atoms with Gasteiger partial charge in [0.25, 0.3) is 0 Å². The fraction of sp³-hybridized carbons (Fsp3) is 0.300. The number of nitrogens with zero attached hydrogens (tertiary/aromatic N) is 3. The molecule has 0 saturated carbocycles. The van der Waals surface area contributed by atoms with Gasteiger partial charge in [0.2, 0.25) is 11.8 Å². The number of carbonyl (C=O) groups is 3. The van der Waals surface area contributed by atoms with Crippen LogP contribution < -0.4 is 10.6 Å². The molecule has 40 heavy (non-hydrogen) atoms. The monoisotopic (exact) mass is 582 g/mol. The highest BCUT2D eigenvalue weighted by Crippen LogP contribution is 2.29. The number of benzene rings is 3. The molecule has 0 aromatic heterocycles. The molecule has 3 aromatic carbocycles. The molecule has 2 amide bonds. The Balaban J connectivity index is 1.56. The lowest BCUT2D eigenvalue weighted by atomic mass is 9.98. The van der Waals surface area contributed by atoms with Crippen LogP contribution in [0.3, 0.4) is 0 Å². The number of hydrogen-bond donors (Lipinski definition) is 1. The number of hydrogen-bond acceptors (Lipinski definition) is 6. The number of likely N-dealkylation sites (N-methyl/N-ethyl adjacent to an activating group) is 1. The van der Waals surface area contributed by atoms with Crippen molar-refractivity contribution in [2.45, 2.75) is 6.04 Å². The van der Waals surface area contributed by atoms with Crippen molar-refractivity contribution in [1.82, 2.24) is 9.80 Å². The maximum Gasteiger partial charge on any atom is 0.248 e. The molecule has 0 aliphatic carbocycles. The molecule has 4 rings (SSSR count). The lowest BCUT2D eigenvalue weighted by Crippen LogP contribution is -2.46. The number of rotatable bonds is 11. The van der Waals surface area contributed by atoms with Crippen molar-refractivity contribution in [3.8, 4) is 11.1 Å². The molecule has 1 fully saturated rings. The number of anilines is 1. The molecule has 8 nitrogen and oxygen atoms in total. The van der Waals surface area contributed by atoms with Crippen molar-refractivity contribution in [3.05, 3.63) is 87.9 Å². The van der Waals surface area contributed by atoms with Gasteiger partial charge in [-0.3, -0.25) is 14.5 Å². The molecule has 210 valence electrons. The van der Waals surface area contributed by atoms with Crippen LogP contribution in [0.1, 0.15) is 22.0 Å². The van der Waals surface area contributed by atoms with Crippen LogP contribution in [0.4, 0.5) is 5.69 Å². The second-order valence-electron chi connectivity index (χ2n) is 9.64. The number of carbonyl (C=O) groups excluding carboxylic acids is 3. The summed E-state index contributed by atoms with van der Waals surface area (Å²) >= 11 is 12.3. The van der Waals surface area contributed by atoms with Gasteiger partial charge in [-0.15, -0.1) is 0 Å². The van der Waals surface area contributed by atoms with E-state index in [1.807, 2.05) is 36.4 Å². The fourth-order valence-electron chi connectivity index (χ4n) is 4.69. The first-order chi connectivity index (χ1) is 19.3. The van der Waals surface area contributed by atoms with Gasteiger partial charge in [-0.05, 0) is 47.0 Å². The van der Waals surface area contributed by atoms with E-state index in [0.29, 0.717) is 41.1 Å². The quantitative estimate of drug-likeness (QED) is 0.339. The lowest BCUT2D eigenvalue weighted by Gasteiger charge is -2.36. The minimum atomic E-state index is -0.466. The van der Waals surface area contributed by atoms with Crippen LogP contribution in [-0.4, -0.2) is 80.9 Å². The van der Waals surface area contributed by atoms with Crippen LogP contribution in [-0.2, 0) is 14.3 Å². The highest BCUT2D eigenvalue weighted by Gasteiger charge is 2.27. The van der Waals surface area contributed by atoms with E-state index in [9.17, 15) is 14.4 Å². The van der Waals surface area contributed by atoms with E-state index in [1.54, 1.807) is 47.2 Å². The van der Waals surface area contributed by atoms with Crippen LogP contribution >= 0.6 is 23.2 Å². The predicted molar refractivity (Wildman–Crippen MR) is 158 cm³/mol. The molecule has 1 aliphatic heterocycles. The standard InChI is InChI=1S/C30H32Cl2N4O4/c1-34(29(38)20-36(12-15-37)25-10-11-26(31)27(32)18-25)28(19-35-13-16-40-17-14-35)23-6-2-21(3-7-23)22-4-8-24(9-5-22)30(33)39/h2-11,15,18,28H,12-14,16-17,19-20H2,1H3,(H2,33,39). The molecule has 1 heterocycles. The number of nitrogens with two attached hydrogens (primary N) is 1. The van der Waals surface area contributed by atoms with E-state index in [-0.39, 0.29) is 25.0 Å². The smallest absolute Gasteiger partial charge is 0.248 e. The van der Waals surface area contributed by atoms with E-state index in [0.717, 1.165) is 36.1 Å². The summed E-state index contributed by atoms with van der Waals surface area (Å²) < 4.78 is 5.52. The van der Waals surface area contributed by atoms with Crippen molar-refractivity contribution in [2.75, 3.05) is 57.9 Å². The van der Waals surface area contributed by atoms with Crippen molar-refractivity contribution >= 4 is 47.0 Å². The number of morpholine rings is 1. The van der Waals surface area contributed by atoms with Gasteiger partial charge < -0.3 is 25.1 Å². The fourth-order valence-corrected chi connectivity index (χ4v) is 4.98. The molecular weight excluding hydrogens is 551 g/mol. The van der Waals surface area contributed by atoms with Gasteiger partial charge in [-0.1, -0.05) is 59.6 Å². The van der Waals surface area contributed by atoms with E-state index in [2.05, 4.69) is 4.90 Å². The first-order valence-corrected chi connectivity index (χ1v) is 13.7. The normalized spacial score (nSPS) is 14.4. The first kappa shape index (κ1) is 29.6. The molecular formula is C30H32Cl2N4O4.